The highest BCUT2D eigenvalue weighted by atomic mass is 19.1. The van der Waals surface area contributed by atoms with Crippen molar-refractivity contribution in [2.24, 2.45) is 0 Å². The van der Waals surface area contributed by atoms with Crippen molar-refractivity contribution in [3.63, 3.8) is 0 Å². The maximum absolute atomic E-state index is 14.2. The van der Waals surface area contributed by atoms with E-state index in [9.17, 15) is 14.3 Å². The fourth-order valence-electron chi connectivity index (χ4n) is 3.64. The van der Waals surface area contributed by atoms with Gasteiger partial charge in [-0.25, -0.2) is 4.39 Å². The second-order valence-corrected chi connectivity index (χ2v) is 7.31. The van der Waals surface area contributed by atoms with E-state index in [1.165, 1.54) is 18.1 Å². The highest BCUT2D eigenvalue weighted by Crippen LogP contribution is 2.27. The lowest BCUT2D eigenvalue weighted by molar-refractivity contribution is -0.160. The Balaban J connectivity index is 1.68. The van der Waals surface area contributed by atoms with Gasteiger partial charge in [0.1, 0.15) is 11.6 Å². The SMILES string of the molecule is COc1ccc(F)c(CN2CCCC(O)(CN(C)Cc3ccccn3)C2=O)c1. The van der Waals surface area contributed by atoms with Gasteiger partial charge in [-0.1, -0.05) is 6.07 Å². The van der Waals surface area contributed by atoms with Crippen molar-refractivity contribution in [1.29, 1.82) is 0 Å². The molecule has 1 N–H and O–H groups in total. The van der Waals surface area contributed by atoms with Crippen molar-refractivity contribution >= 4 is 5.91 Å². The minimum absolute atomic E-state index is 0.105. The lowest BCUT2D eigenvalue weighted by Gasteiger charge is -2.40. The molecule has 6 nitrogen and oxygen atoms in total. The Kier molecular flexibility index (Phi) is 6.26. The number of methoxy groups -OCH3 is 1. The number of pyridine rings is 1. The molecule has 150 valence electrons. The zero-order valence-corrected chi connectivity index (χ0v) is 16.3. The highest BCUT2D eigenvalue weighted by molar-refractivity contribution is 5.86. The summed E-state index contributed by atoms with van der Waals surface area (Å²) >= 11 is 0. The van der Waals surface area contributed by atoms with Crippen LogP contribution in [0.1, 0.15) is 24.1 Å². The second kappa shape index (κ2) is 8.67. The van der Waals surface area contributed by atoms with Crippen molar-refractivity contribution in [1.82, 2.24) is 14.8 Å². The number of carbonyl (C=O) groups excluding carboxylic acids is 1. The van der Waals surface area contributed by atoms with Gasteiger partial charge in [0.25, 0.3) is 5.91 Å². The van der Waals surface area contributed by atoms with E-state index in [1.807, 2.05) is 30.1 Å². The van der Waals surface area contributed by atoms with Gasteiger partial charge in [0.05, 0.1) is 12.8 Å². The molecule has 3 rings (SSSR count). The number of likely N-dealkylation sites (tertiary alicyclic amines) is 1. The van der Waals surface area contributed by atoms with Crippen molar-refractivity contribution in [2.75, 3.05) is 27.2 Å². The van der Waals surface area contributed by atoms with Gasteiger partial charge < -0.3 is 14.7 Å². The number of carbonyl (C=O) groups is 1. The summed E-state index contributed by atoms with van der Waals surface area (Å²) in [5, 5.41) is 11.0. The van der Waals surface area contributed by atoms with E-state index >= 15 is 0 Å². The molecule has 1 unspecified atom stereocenters. The van der Waals surface area contributed by atoms with Gasteiger partial charge in [0.2, 0.25) is 0 Å². The summed E-state index contributed by atoms with van der Waals surface area (Å²) in [4.78, 5) is 20.7. The summed E-state index contributed by atoms with van der Waals surface area (Å²) in [5.74, 6) is -0.227. The summed E-state index contributed by atoms with van der Waals surface area (Å²) in [6.07, 6.45) is 2.76. The molecular weight excluding hydrogens is 361 g/mol. The lowest BCUT2D eigenvalue weighted by atomic mass is 9.90. The molecule has 1 saturated heterocycles. The Labute approximate surface area is 164 Å². The summed E-state index contributed by atoms with van der Waals surface area (Å²) in [5.41, 5.74) is -0.247. The average Bonchev–Trinajstić information content (AvgIpc) is 2.68. The quantitative estimate of drug-likeness (QED) is 0.789. The van der Waals surface area contributed by atoms with Gasteiger partial charge in [0, 0.05) is 37.9 Å². The number of hydrogen-bond acceptors (Lipinski definition) is 5. The molecule has 1 atom stereocenters. The monoisotopic (exact) mass is 387 g/mol. The first kappa shape index (κ1) is 20.2. The molecule has 0 saturated carbocycles. The number of amides is 1. The number of aliphatic hydroxyl groups is 1. The largest absolute Gasteiger partial charge is 0.497 e. The van der Waals surface area contributed by atoms with Crippen LogP contribution in [-0.2, 0) is 17.9 Å². The lowest BCUT2D eigenvalue weighted by Crippen LogP contribution is -2.57. The maximum atomic E-state index is 14.2. The molecule has 1 aliphatic rings. The summed E-state index contributed by atoms with van der Waals surface area (Å²) in [6.45, 7) is 1.32. The topological polar surface area (TPSA) is 65.9 Å². The predicted molar refractivity (Wildman–Crippen MR) is 103 cm³/mol. The molecule has 2 heterocycles. The molecule has 1 amide bonds. The summed E-state index contributed by atoms with van der Waals surface area (Å²) in [6, 6.07) is 10.1. The first-order valence-corrected chi connectivity index (χ1v) is 9.34. The van der Waals surface area contributed by atoms with E-state index < -0.39 is 11.4 Å². The number of piperidine rings is 1. The van der Waals surface area contributed by atoms with E-state index in [0.717, 1.165) is 5.69 Å². The van der Waals surface area contributed by atoms with Gasteiger partial charge >= 0.3 is 0 Å². The van der Waals surface area contributed by atoms with E-state index in [0.29, 0.717) is 37.2 Å². The first-order valence-electron chi connectivity index (χ1n) is 9.34. The maximum Gasteiger partial charge on any atom is 0.256 e. The van der Waals surface area contributed by atoms with Crippen LogP contribution >= 0.6 is 0 Å². The number of ether oxygens (including phenoxy) is 1. The zero-order chi connectivity index (χ0) is 20.1. The number of nitrogens with zero attached hydrogens (tertiary/aromatic N) is 3. The molecule has 1 fully saturated rings. The van der Waals surface area contributed by atoms with Crippen molar-refractivity contribution in [2.45, 2.75) is 31.5 Å². The molecule has 0 spiro atoms. The van der Waals surface area contributed by atoms with Crippen LogP contribution in [0, 0.1) is 5.82 Å². The number of hydrogen-bond donors (Lipinski definition) is 1. The van der Waals surface area contributed by atoms with Crippen molar-refractivity contribution in [3.05, 3.63) is 59.7 Å². The molecule has 2 aromatic rings. The van der Waals surface area contributed by atoms with Gasteiger partial charge in [-0.3, -0.25) is 14.7 Å². The fraction of sp³-hybridized carbons (Fsp3) is 0.429. The third-order valence-corrected chi connectivity index (χ3v) is 5.01. The van der Waals surface area contributed by atoms with Gasteiger partial charge in [0.15, 0.2) is 5.60 Å². The molecule has 1 aromatic carbocycles. The Bertz CT molecular complexity index is 818. The van der Waals surface area contributed by atoms with Crippen LogP contribution in [0.4, 0.5) is 4.39 Å². The number of likely N-dealkylation sites (N-methyl/N-ethyl adjacent to an activating group) is 1. The zero-order valence-electron chi connectivity index (χ0n) is 16.3. The van der Waals surface area contributed by atoms with E-state index in [4.69, 9.17) is 4.74 Å². The summed E-state index contributed by atoms with van der Waals surface area (Å²) in [7, 11) is 3.36. The van der Waals surface area contributed by atoms with Crippen LogP contribution in [0.2, 0.25) is 0 Å². The fourth-order valence-corrected chi connectivity index (χ4v) is 3.64. The normalized spacial score (nSPS) is 19.9. The Morgan fingerprint density at radius 3 is 2.89 bits per heavy atom. The molecule has 7 heteroatoms. The smallest absolute Gasteiger partial charge is 0.256 e. The Morgan fingerprint density at radius 2 is 2.18 bits per heavy atom. The minimum Gasteiger partial charge on any atom is -0.497 e. The van der Waals surface area contributed by atoms with Crippen LogP contribution in [0.3, 0.4) is 0 Å². The van der Waals surface area contributed by atoms with Crippen LogP contribution in [0.5, 0.6) is 5.75 Å². The van der Waals surface area contributed by atoms with E-state index in [2.05, 4.69) is 4.98 Å². The van der Waals surface area contributed by atoms with Crippen LogP contribution in [0.15, 0.2) is 42.6 Å². The standard InChI is InChI=1S/C21H26FN3O3/c1-24(14-17-6-3-4-10-23-17)15-21(27)9-5-11-25(20(21)26)13-16-12-18(28-2)7-8-19(16)22/h3-4,6-8,10,12,27H,5,9,11,13-15H2,1-2H3. The number of halogens is 1. The Hall–Kier alpha value is -2.51. The number of benzene rings is 1. The Morgan fingerprint density at radius 1 is 1.36 bits per heavy atom. The van der Waals surface area contributed by atoms with Crippen LogP contribution in [-0.4, -0.2) is 58.6 Å². The molecule has 0 bridgehead atoms. The first-order chi connectivity index (χ1) is 13.4. The van der Waals surface area contributed by atoms with Gasteiger partial charge in [-0.2, -0.15) is 0 Å². The van der Waals surface area contributed by atoms with Crippen molar-refractivity contribution in [3.8, 4) is 5.75 Å². The highest BCUT2D eigenvalue weighted by Gasteiger charge is 2.43. The van der Waals surface area contributed by atoms with Crippen molar-refractivity contribution < 1.29 is 19.0 Å². The molecule has 1 aromatic heterocycles. The molecule has 1 aliphatic heterocycles. The van der Waals surface area contributed by atoms with Crippen LogP contribution < -0.4 is 4.74 Å². The third kappa shape index (κ3) is 4.66. The van der Waals surface area contributed by atoms with Gasteiger partial charge in [-0.05, 0) is 50.2 Å². The summed E-state index contributed by atoms with van der Waals surface area (Å²) < 4.78 is 19.3. The number of rotatable bonds is 7. The molecule has 0 aliphatic carbocycles. The van der Waals surface area contributed by atoms with Gasteiger partial charge in [-0.15, -0.1) is 0 Å². The predicted octanol–water partition coefficient (Wildman–Crippen LogP) is 2.21. The molecular formula is C21H26FN3O3. The van der Waals surface area contributed by atoms with E-state index in [-0.39, 0.29) is 19.0 Å². The van der Waals surface area contributed by atoms with Crippen LogP contribution in [0.25, 0.3) is 0 Å². The molecule has 0 radical (unpaired) electrons. The second-order valence-electron chi connectivity index (χ2n) is 7.31. The third-order valence-electron chi connectivity index (χ3n) is 5.01. The molecule has 28 heavy (non-hydrogen) atoms. The number of aromatic nitrogens is 1. The van der Waals surface area contributed by atoms with E-state index in [1.54, 1.807) is 18.3 Å². The minimum atomic E-state index is -1.49. The average molecular weight is 387 g/mol.